The monoisotopic (exact) mass is 265 g/mol. The minimum atomic E-state index is -1.35. The summed E-state index contributed by atoms with van der Waals surface area (Å²) in [5, 5.41) is 13.0. The first-order chi connectivity index (χ1) is 9.02. The molecule has 0 bridgehead atoms. The molecule has 1 aromatic carbocycles. The Hall–Kier alpha value is -2.57. The molecule has 0 saturated carbocycles. The van der Waals surface area contributed by atoms with Crippen LogP contribution in [0.15, 0.2) is 24.5 Å². The Kier molecular flexibility index (Phi) is 3.37. The van der Waals surface area contributed by atoms with Crippen molar-refractivity contribution in [2.45, 2.75) is 13.5 Å². The third-order valence-corrected chi connectivity index (χ3v) is 2.53. The molecule has 0 spiro atoms. The van der Waals surface area contributed by atoms with Crippen LogP contribution in [0.5, 0.6) is 11.5 Å². The van der Waals surface area contributed by atoms with E-state index in [1.807, 2.05) is 6.92 Å². The van der Waals surface area contributed by atoms with Crippen molar-refractivity contribution >= 4 is 11.7 Å². The van der Waals surface area contributed by atoms with Gasteiger partial charge in [0.15, 0.2) is 5.75 Å². The Bertz CT molecular complexity index is 625. The maximum absolute atomic E-state index is 13.3. The van der Waals surface area contributed by atoms with Crippen molar-refractivity contribution in [3.8, 4) is 11.5 Å². The third kappa shape index (κ3) is 2.49. The maximum atomic E-state index is 13.3. The van der Waals surface area contributed by atoms with Crippen LogP contribution in [-0.4, -0.2) is 20.9 Å². The third-order valence-electron chi connectivity index (χ3n) is 2.53. The van der Waals surface area contributed by atoms with Crippen LogP contribution in [0.2, 0.25) is 0 Å². The van der Waals surface area contributed by atoms with Crippen LogP contribution in [-0.2, 0) is 6.54 Å². The van der Waals surface area contributed by atoms with Gasteiger partial charge >= 0.3 is 5.97 Å². The number of aromatic nitrogens is 2. The van der Waals surface area contributed by atoms with Crippen molar-refractivity contribution in [2.75, 3.05) is 5.73 Å². The van der Waals surface area contributed by atoms with Gasteiger partial charge in [0.05, 0.1) is 18.1 Å². The van der Waals surface area contributed by atoms with Gasteiger partial charge < -0.3 is 15.6 Å². The van der Waals surface area contributed by atoms with E-state index in [1.54, 1.807) is 10.9 Å². The van der Waals surface area contributed by atoms with E-state index >= 15 is 0 Å². The highest BCUT2D eigenvalue weighted by Gasteiger charge is 2.19. The first kappa shape index (κ1) is 12.9. The number of ether oxygens (including phenoxy) is 1. The van der Waals surface area contributed by atoms with Gasteiger partial charge in [-0.15, -0.1) is 0 Å². The molecule has 3 N–H and O–H groups in total. The van der Waals surface area contributed by atoms with Crippen molar-refractivity contribution < 1.29 is 19.0 Å². The fourth-order valence-electron chi connectivity index (χ4n) is 1.58. The van der Waals surface area contributed by atoms with Gasteiger partial charge in [-0.2, -0.15) is 5.10 Å². The zero-order valence-corrected chi connectivity index (χ0v) is 10.1. The molecule has 2 rings (SSSR count). The van der Waals surface area contributed by atoms with Crippen LogP contribution >= 0.6 is 0 Å². The number of nitrogens with two attached hydrogens (primary N) is 1. The first-order valence-electron chi connectivity index (χ1n) is 5.54. The minimum absolute atomic E-state index is 0.0259. The molecule has 0 aliphatic carbocycles. The summed E-state index contributed by atoms with van der Waals surface area (Å²) in [4.78, 5) is 11.1. The molecule has 0 saturated heterocycles. The summed E-state index contributed by atoms with van der Waals surface area (Å²) in [6.45, 7) is 2.55. The standard InChI is InChI=1S/C12H12FN3O3/c1-2-16-6-7(5-15-16)19-9-4-3-8(13)11(14)10(9)12(17)18/h3-6H,2,14H2,1H3,(H,17,18). The number of carboxylic acids is 1. The van der Waals surface area contributed by atoms with Crippen LogP contribution in [0.3, 0.4) is 0 Å². The number of aryl methyl sites for hydroxylation is 1. The molecule has 0 aliphatic rings. The molecule has 0 unspecified atom stereocenters. The van der Waals surface area contributed by atoms with Crippen molar-refractivity contribution in [3.05, 3.63) is 35.9 Å². The van der Waals surface area contributed by atoms with Gasteiger partial charge in [-0.1, -0.05) is 0 Å². The fourth-order valence-corrected chi connectivity index (χ4v) is 1.58. The Balaban J connectivity index is 2.39. The SMILES string of the molecule is CCn1cc(Oc2ccc(F)c(N)c2C(=O)O)cn1. The second-order valence-electron chi connectivity index (χ2n) is 3.77. The van der Waals surface area contributed by atoms with E-state index in [9.17, 15) is 9.18 Å². The van der Waals surface area contributed by atoms with E-state index in [4.69, 9.17) is 15.6 Å². The van der Waals surface area contributed by atoms with Crippen molar-refractivity contribution in [1.82, 2.24) is 9.78 Å². The molecule has 100 valence electrons. The number of anilines is 1. The van der Waals surface area contributed by atoms with E-state index in [0.717, 1.165) is 6.07 Å². The highest BCUT2D eigenvalue weighted by Crippen LogP contribution is 2.30. The zero-order chi connectivity index (χ0) is 14.0. The second kappa shape index (κ2) is 4.97. The molecular weight excluding hydrogens is 253 g/mol. The highest BCUT2D eigenvalue weighted by atomic mass is 19.1. The number of hydrogen-bond donors (Lipinski definition) is 2. The summed E-state index contributed by atoms with van der Waals surface area (Å²) in [7, 11) is 0. The number of rotatable bonds is 4. The molecule has 0 amide bonds. The van der Waals surface area contributed by atoms with E-state index in [0.29, 0.717) is 12.3 Å². The van der Waals surface area contributed by atoms with Gasteiger partial charge in [0.2, 0.25) is 0 Å². The molecule has 0 radical (unpaired) electrons. The lowest BCUT2D eigenvalue weighted by Crippen LogP contribution is -2.06. The number of nitrogens with zero attached hydrogens (tertiary/aromatic N) is 2. The summed E-state index contributed by atoms with van der Waals surface area (Å²) in [6.07, 6.45) is 3.04. The summed E-state index contributed by atoms with van der Waals surface area (Å²) >= 11 is 0. The molecule has 0 fully saturated rings. The molecule has 19 heavy (non-hydrogen) atoms. The molecular formula is C12H12FN3O3. The molecule has 7 heteroatoms. The van der Waals surface area contributed by atoms with E-state index < -0.39 is 23.0 Å². The molecule has 1 heterocycles. The van der Waals surface area contributed by atoms with E-state index in [-0.39, 0.29) is 5.75 Å². The minimum Gasteiger partial charge on any atom is -0.477 e. The number of hydrogen-bond acceptors (Lipinski definition) is 4. The molecule has 0 atom stereocenters. The van der Waals surface area contributed by atoms with Gasteiger partial charge in [-0.05, 0) is 19.1 Å². The number of halogens is 1. The predicted molar refractivity (Wildman–Crippen MR) is 65.7 cm³/mol. The molecule has 1 aromatic heterocycles. The maximum Gasteiger partial charge on any atom is 0.341 e. The Morgan fingerprint density at radius 1 is 1.58 bits per heavy atom. The fraction of sp³-hybridized carbons (Fsp3) is 0.167. The van der Waals surface area contributed by atoms with Crippen LogP contribution in [0.4, 0.5) is 10.1 Å². The largest absolute Gasteiger partial charge is 0.477 e. The average Bonchev–Trinajstić information content (AvgIpc) is 2.81. The summed E-state index contributed by atoms with van der Waals surface area (Å²) in [5.41, 5.74) is 4.56. The summed E-state index contributed by atoms with van der Waals surface area (Å²) in [5.74, 6) is -1.82. The number of aromatic carboxylic acids is 1. The van der Waals surface area contributed by atoms with Crippen molar-refractivity contribution in [2.24, 2.45) is 0 Å². The quantitative estimate of drug-likeness (QED) is 0.826. The average molecular weight is 265 g/mol. The molecule has 6 nitrogen and oxygen atoms in total. The van der Waals surface area contributed by atoms with Crippen LogP contribution in [0.25, 0.3) is 0 Å². The molecule has 2 aromatic rings. The predicted octanol–water partition coefficient (Wildman–Crippen LogP) is 2.11. The zero-order valence-electron chi connectivity index (χ0n) is 10.1. The summed E-state index contributed by atoms with van der Waals surface area (Å²) in [6, 6.07) is 2.28. The van der Waals surface area contributed by atoms with Gasteiger partial charge in [0, 0.05) is 6.54 Å². The van der Waals surface area contributed by atoms with Crippen LogP contribution in [0, 0.1) is 5.82 Å². The van der Waals surface area contributed by atoms with Crippen LogP contribution in [0.1, 0.15) is 17.3 Å². The van der Waals surface area contributed by atoms with E-state index in [2.05, 4.69) is 5.10 Å². The van der Waals surface area contributed by atoms with Gasteiger partial charge in [-0.3, -0.25) is 4.68 Å². The summed E-state index contributed by atoms with van der Waals surface area (Å²) < 4.78 is 20.2. The second-order valence-corrected chi connectivity index (χ2v) is 3.77. The Morgan fingerprint density at radius 2 is 2.32 bits per heavy atom. The van der Waals surface area contributed by atoms with Gasteiger partial charge in [0.1, 0.15) is 17.1 Å². The van der Waals surface area contributed by atoms with Crippen molar-refractivity contribution in [1.29, 1.82) is 0 Å². The number of nitrogen functional groups attached to an aromatic ring is 1. The normalized spacial score (nSPS) is 10.4. The van der Waals surface area contributed by atoms with E-state index in [1.165, 1.54) is 12.3 Å². The Labute approximate surface area is 108 Å². The van der Waals surface area contributed by atoms with Crippen LogP contribution < -0.4 is 10.5 Å². The lowest BCUT2D eigenvalue weighted by molar-refractivity contribution is 0.0695. The first-order valence-corrected chi connectivity index (χ1v) is 5.54. The smallest absolute Gasteiger partial charge is 0.341 e. The number of carbonyl (C=O) groups is 1. The lowest BCUT2D eigenvalue weighted by Gasteiger charge is -2.09. The number of benzene rings is 1. The molecule has 0 aliphatic heterocycles. The number of carboxylic acid groups (broad SMARTS) is 1. The highest BCUT2D eigenvalue weighted by molar-refractivity contribution is 5.97. The van der Waals surface area contributed by atoms with Gasteiger partial charge in [-0.25, -0.2) is 9.18 Å². The topological polar surface area (TPSA) is 90.4 Å². The van der Waals surface area contributed by atoms with Gasteiger partial charge in [0.25, 0.3) is 0 Å². The lowest BCUT2D eigenvalue weighted by atomic mass is 10.1. The Morgan fingerprint density at radius 3 is 2.89 bits per heavy atom. The van der Waals surface area contributed by atoms with Crippen molar-refractivity contribution in [3.63, 3.8) is 0 Å².